The Hall–Kier alpha value is -3.97. The van der Waals surface area contributed by atoms with E-state index in [9.17, 15) is 0 Å². The predicted molar refractivity (Wildman–Crippen MR) is 146 cm³/mol. The molecule has 1 aromatic heterocycles. The molecule has 1 atom stereocenters. The highest BCUT2D eigenvalue weighted by atomic mass is 16.7. The molecule has 0 spiro atoms. The number of hydrogen-bond donors (Lipinski definition) is 0. The van der Waals surface area contributed by atoms with Crippen molar-refractivity contribution in [2.24, 2.45) is 7.05 Å². The van der Waals surface area contributed by atoms with Crippen LogP contribution in [-0.4, -0.2) is 35.3 Å². The van der Waals surface area contributed by atoms with Crippen molar-refractivity contribution in [3.8, 4) is 34.3 Å². The first-order valence-electron chi connectivity index (χ1n) is 13.2. The van der Waals surface area contributed by atoms with Gasteiger partial charge in [0.25, 0.3) is 0 Å². The van der Waals surface area contributed by atoms with Crippen LogP contribution >= 0.6 is 0 Å². The predicted octanol–water partition coefficient (Wildman–Crippen LogP) is 6.11. The molecular formula is C31H33N3O4. The summed E-state index contributed by atoms with van der Waals surface area (Å²) in [4.78, 5) is 2.37. The number of ether oxygens (including phenoxy) is 4. The van der Waals surface area contributed by atoms with Crippen molar-refractivity contribution in [2.75, 3.05) is 20.6 Å². The van der Waals surface area contributed by atoms with Crippen LogP contribution in [0.2, 0.25) is 0 Å². The van der Waals surface area contributed by atoms with Crippen LogP contribution in [0, 0.1) is 0 Å². The SMILES string of the molecule is CCCCc1c(-c2ccccc2)nn(C)c1C(c1ccc2c(c1)OCO2)N(C)Cc1ccc2c(c1)OCO2. The lowest BCUT2D eigenvalue weighted by Gasteiger charge is -2.30. The van der Waals surface area contributed by atoms with Crippen LogP contribution in [0.3, 0.4) is 0 Å². The minimum Gasteiger partial charge on any atom is -0.454 e. The highest BCUT2D eigenvalue weighted by molar-refractivity contribution is 5.65. The van der Waals surface area contributed by atoms with Crippen LogP contribution in [-0.2, 0) is 20.0 Å². The van der Waals surface area contributed by atoms with Crippen molar-refractivity contribution in [3.05, 3.63) is 89.1 Å². The van der Waals surface area contributed by atoms with Gasteiger partial charge in [-0.1, -0.05) is 55.8 Å². The third-order valence-electron chi connectivity index (χ3n) is 7.30. The van der Waals surface area contributed by atoms with Gasteiger partial charge in [0.1, 0.15) is 0 Å². The molecule has 3 aromatic carbocycles. The van der Waals surface area contributed by atoms with Gasteiger partial charge in [-0.05, 0) is 55.3 Å². The van der Waals surface area contributed by atoms with E-state index in [1.54, 1.807) is 0 Å². The molecule has 0 fully saturated rings. The summed E-state index contributed by atoms with van der Waals surface area (Å²) in [6.07, 6.45) is 3.17. The Labute approximate surface area is 223 Å². The molecule has 0 bridgehead atoms. The molecule has 1 unspecified atom stereocenters. The maximum absolute atomic E-state index is 5.78. The van der Waals surface area contributed by atoms with Crippen LogP contribution in [0.25, 0.3) is 11.3 Å². The van der Waals surface area contributed by atoms with E-state index < -0.39 is 0 Å². The van der Waals surface area contributed by atoms with Gasteiger partial charge in [0, 0.05) is 24.7 Å². The molecule has 0 radical (unpaired) electrons. The molecule has 7 nitrogen and oxygen atoms in total. The van der Waals surface area contributed by atoms with Crippen LogP contribution in [0.15, 0.2) is 66.7 Å². The molecule has 0 amide bonds. The number of rotatable bonds is 9. The van der Waals surface area contributed by atoms with Crippen LogP contribution in [0.5, 0.6) is 23.0 Å². The number of aryl methyl sites for hydroxylation is 1. The van der Waals surface area contributed by atoms with E-state index in [2.05, 4.69) is 79.1 Å². The fourth-order valence-corrected chi connectivity index (χ4v) is 5.47. The number of unbranched alkanes of at least 4 members (excludes halogenated alkanes) is 1. The molecule has 4 aromatic rings. The summed E-state index contributed by atoms with van der Waals surface area (Å²) >= 11 is 0. The van der Waals surface area contributed by atoms with E-state index in [-0.39, 0.29) is 19.6 Å². The second-order valence-corrected chi connectivity index (χ2v) is 9.92. The fraction of sp³-hybridized carbons (Fsp3) is 0.323. The topological polar surface area (TPSA) is 58.0 Å². The lowest BCUT2D eigenvalue weighted by molar-refractivity contribution is 0.173. The number of aromatic nitrogens is 2. The molecule has 7 heteroatoms. The second-order valence-electron chi connectivity index (χ2n) is 9.92. The zero-order valence-corrected chi connectivity index (χ0v) is 22.1. The Morgan fingerprint density at radius 1 is 0.868 bits per heavy atom. The van der Waals surface area contributed by atoms with Gasteiger partial charge in [-0.3, -0.25) is 9.58 Å². The number of nitrogens with zero attached hydrogens (tertiary/aromatic N) is 3. The summed E-state index contributed by atoms with van der Waals surface area (Å²) in [7, 11) is 4.23. The highest BCUT2D eigenvalue weighted by Crippen LogP contribution is 2.41. The molecule has 196 valence electrons. The number of fused-ring (bicyclic) bond motifs is 2. The molecule has 2 aliphatic heterocycles. The first kappa shape index (κ1) is 24.4. The zero-order chi connectivity index (χ0) is 26.1. The van der Waals surface area contributed by atoms with Crippen molar-refractivity contribution in [1.29, 1.82) is 0 Å². The molecular weight excluding hydrogens is 478 g/mol. The lowest BCUT2D eigenvalue weighted by atomic mass is 9.93. The summed E-state index contributed by atoms with van der Waals surface area (Å²) < 4.78 is 24.6. The van der Waals surface area contributed by atoms with E-state index in [0.29, 0.717) is 0 Å². The van der Waals surface area contributed by atoms with E-state index in [0.717, 1.165) is 71.2 Å². The lowest BCUT2D eigenvalue weighted by Crippen LogP contribution is -2.28. The Morgan fingerprint density at radius 2 is 1.55 bits per heavy atom. The zero-order valence-electron chi connectivity index (χ0n) is 22.1. The van der Waals surface area contributed by atoms with Gasteiger partial charge in [-0.2, -0.15) is 5.10 Å². The molecule has 38 heavy (non-hydrogen) atoms. The summed E-state index contributed by atoms with van der Waals surface area (Å²) in [6, 6.07) is 22.9. The largest absolute Gasteiger partial charge is 0.454 e. The molecule has 0 N–H and O–H groups in total. The normalized spacial score (nSPS) is 14.3. The molecule has 6 rings (SSSR count). The van der Waals surface area contributed by atoms with E-state index in [1.165, 1.54) is 11.3 Å². The first-order chi connectivity index (χ1) is 18.6. The van der Waals surface area contributed by atoms with Crippen LogP contribution in [0.1, 0.15) is 48.2 Å². The summed E-state index contributed by atoms with van der Waals surface area (Å²) in [5.41, 5.74) is 6.98. The number of hydrogen-bond acceptors (Lipinski definition) is 6. The molecule has 0 aliphatic carbocycles. The van der Waals surface area contributed by atoms with Crippen molar-refractivity contribution in [2.45, 2.75) is 38.8 Å². The van der Waals surface area contributed by atoms with E-state index in [1.807, 2.05) is 18.2 Å². The minimum atomic E-state index is -0.0586. The fourth-order valence-electron chi connectivity index (χ4n) is 5.47. The van der Waals surface area contributed by atoms with Crippen molar-refractivity contribution < 1.29 is 18.9 Å². The Morgan fingerprint density at radius 3 is 2.29 bits per heavy atom. The Bertz CT molecular complexity index is 1430. The molecule has 2 aliphatic rings. The summed E-state index contributed by atoms with van der Waals surface area (Å²) in [5.74, 6) is 3.16. The molecule has 0 saturated carbocycles. The van der Waals surface area contributed by atoms with Gasteiger partial charge in [-0.25, -0.2) is 0 Å². The van der Waals surface area contributed by atoms with Gasteiger partial charge in [-0.15, -0.1) is 0 Å². The first-order valence-corrected chi connectivity index (χ1v) is 13.2. The summed E-state index contributed by atoms with van der Waals surface area (Å²) in [6.45, 7) is 3.47. The van der Waals surface area contributed by atoms with Gasteiger partial charge in [0.05, 0.1) is 17.4 Å². The van der Waals surface area contributed by atoms with Gasteiger partial charge >= 0.3 is 0 Å². The van der Waals surface area contributed by atoms with Crippen molar-refractivity contribution >= 4 is 0 Å². The van der Waals surface area contributed by atoms with Gasteiger partial charge in [0.2, 0.25) is 13.6 Å². The quantitative estimate of drug-likeness (QED) is 0.270. The standard InChI is InChI=1S/C31H33N3O4/c1-4-5-11-24-29(22-9-7-6-8-10-22)32-34(3)31(24)30(23-13-15-26-28(17-23)38-20-36-26)33(2)18-21-12-14-25-27(16-21)37-19-35-25/h6-10,12-17,30H,4-5,11,18-20H2,1-3H3. The maximum atomic E-state index is 5.78. The Balaban J connectivity index is 1.46. The number of benzene rings is 3. The van der Waals surface area contributed by atoms with E-state index in [4.69, 9.17) is 24.0 Å². The van der Waals surface area contributed by atoms with Crippen molar-refractivity contribution in [1.82, 2.24) is 14.7 Å². The third-order valence-corrected chi connectivity index (χ3v) is 7.30. The van der Waals surface area contributed by atoms with Crippen LogP contribution in [0.4, 0.5) is 0 Å². The summed E-state index contributed by atoms with van der Waals surface area (Å²) in [5, 5.41) is 5.09. The monoisotopic (exact) mass is 511 g/mol. The van der Waals surface area contributed by atoms with Crippen LogP contribution < -0.4 is 18.9 Å². The van der Waals surface area contributed by atoms with E-state index >= 15 is 0 Å². The van der Waals surface area contributed by atoms with Gasteiger partial charge in [0.15, 0.2) is 23.0 Å². The molecule has 0 saturated heterocycles. The highest BCUT2D eigenvalue weighted by Gasteiger charge is 2.30. The smallest absolute Gasteiger partial charge is 0.231 e. The second kappa shape index (κ2) is 10.4. The maximum Gasteiger partial charge on any atom is 0.231 e. The average molecular weight is 512 g/mol. The minimum absolute atomic E-state index is 0.0586. The Kier molecular flexibility index (Phi) is 6.68. The average Bonchev–Trinajstić information content (AvgIpc) is 3.67. The van der Waals surface area contributed by atoms with Crippen molar-refractivity contribution in [3.63, 3.8) is 0 Å². The van der Waals surface area contributed by atoms with Gasteiger partial charge < -0.3 is 18.9 Å². The third kappa shape index (κ3) is 4.58. The molecule has 3 heterocycles.